The molecule has 3 heteroatoms. The molecule has 0 saturated heterocycles. The van der Waals surface area contributed by atoms with Gasteiger partial charge >= 0.3 is 0 Å². The fraction of sp³-hybridized carbons (Fsp3) is 0.727. The van der Waals surface area contributed by atoms with E-state index in [1.807, 2.05) is 30.3 Å². The van der Waals surface area contributed by atoms with Crippen LogP contribution in [0.1, 0.15) is 91.4 Å². The van der Waals surface area contributed by atoms with Crippen LogP contribution in [0, 0.1) is 0 Å². The van der Waals surface area contributed by atoms with Crippen molar-refractivity contribution < 1.29 is 4.74 Å². The van der Waals surface area contributed by atoms with Crippen molar-refractivity contribution >= 4 is 17.0 Å². The minimum atomic E-state index is -0.268. The third-order valence-electron chi connectivity index (χ3n) is 5.05. The van der Waals surface area contributed by atoms with Gasteiger partial charge in [0, 0.05) is 5.54 Å². The van der Waals surface area contributed by atoms with E-state index in [9.17, 15) is 0 Å². The standard InChI is InChI=1S/C22H39NO.BrH/c1-4-5-6-7-8-9-10-11-12-16-19-22(3,23)20(2)24-21-17-14-13-15-18-21;/h13-15,17-18,20H,4-12,16,19,23H2,1-3H3;1H. The molecule has 2 N–H and O–H groups in total. The summed E-state index contributed by atoms with van der Waals surface area (Å²) in [5.41, 5.74) is 6.22. The first-order valence-electron chi connectivity index (χ1n) is 10.1. The number of hydrogen-bond donors (Lipinski definition) is 1. The van der Waals surface area contributed by atoms with Crippen LogP contribution in [-0.2, 0) is 0 Å². The first kappa shape index (κ1) is 24.5. The summed E-state index contributed by atoms with van der Waals surface area (Å²) in [6.45, 7) is 6.48. The second-order valence-corrected chi connectivity index (χ2v) is 7.51. The fourth-order valence-electron chi connectivity index (χ4n) is 3.03. The summed E-state index contributed by atoms with van der Waals surface area (Å²) in [6.07, 6.45) is 14.7. The molecule has 2 unspecified atom stereocenters. The van der Waals surface area contributed by atoms with Crippen molar-refractivity contribution in [3.63, 3.8) is 0 Å². The molecule has 2 nitrogen and oxygen atoms in total. The lowest BCUT2D eigenvalue weighted by Gasteiger charge is -2.32. The summed E-state index contributed by atoms with van der Waals surface area (Å²) >= 11 is 0. The Morgan fingerprint density at radius 2 is 1.36 bits per heavy atom. The molecule has 25 heavy (non-hydrogen) atoms. The van der Waals surface area contributed by atoms with Gasteiger partial charge in [-0.3, -0.25) is 0 Å². The van der Waals surface area contributed by atoms with Crippen LogP contribution < -0.4 is 10.5 Å². The van der Waals surface area contributed by atoms with Gasteiger partial charge in [-0.2, -0.15) is 0 Å². The Morgan fingerprint density at radius 3 is 1.88 bits per heavy atom. The number of hydrogen-bond acceptors (Lipinski definition) is 2. The van der Waals surface area contributed by atoms with Crippen LogP contribution in [0.4, 0.5) is 0 Å². The monoisotopic (exact) mass is 413 g/mol. The molecule has 0 bridgehead atoms. The Bertz CT molecular complexity index is 408. The molecule has 0 aliphatic rings. The smallest absolute Gasteiger partial charge is 0.119 e. The third kappa shape index (κ3) is 11.6. The van der Waals surface area contributed by atoms with Crippen molar-refractivity contribution in [1.82, 2.24) is 0 Å². The normalized spacial score (nSPS) is 14.4. The van der Waals surface area contributed by atoms with Gasteiger partial charge in [0.05, 0.1) is 0 Å². The molecule has 1 aromatic carbocycles. The van der Waals surface area contributed by atoms with Gasteiger partial charge < -0.3 is 10.5 Å². The second-order valence-electron chi connectivity index (χ2n) is 7.51. The Hall–Kier alpha value is -0.540. The van der Waals surface area contributed by atoms with Gasteiger partial charge in [-0.05, 0) is 32.4 Å². The highest BCUT2D eigenvalue weighted by atomic mass is 79.9. The van der Waals surface area contributed by atoms with Gasteiger partial charge in [0.15, 0.2) is 0 Å². The summed E-state index contributed by atoms with van der Waals surface area (Å²) in [4.78, 5) is 0. The van der Waals surface area contributed by atoms with Gasteiger partial charge in [-0.1, -0.05) is 89.3 Å². The lowest BCUT2D eigenvalue weighted by molar-refractivity contribution is 0.127. The lowest BCUT2D eigenvalue weighted by Crippen LogP contribution is -2.49. The molecule has 0 radical (unpaired) electrons. The molecule has 0 aliphatic carbocycles. The second kappa shape index (κ2) is 14.6. The van der Waals surface area contributed by atoms with E-state index in [0.717, 1.165) is 12.2 Å². The Labute approximate surface area is 166 Å². The van der Waals surface area contributed by atoms with E-state index in [-0.39, 0.29) is 28.6 Å². The molecule has 1 rings (SSSR count). The zero-order chi connectivity index (χ0) is 17.7. The highest BCUT2D eigenvalue weighted by molar-refractivity contribution is 8.93. The van der Waals surface area contributed by atoms with E-state index in [2.05, 4.69) is 20.8 Å². The summed E-state index contributed by atoms with van der Waals surface area (Å²) in [5, 5.41) is 0. The first-order chi connectivity index (χ1) is 11.6. The fourth-order valence-corrected chi connectivity index (χ4v) is 3.03. The molecule has 0 amide bonds. The first-order valence-corrected chi connectivity index (χ1v) is 10.1. The molecule has 0 aromatic heterocycles. The van der Waals surface area contributed by atoms with Crippen LogP contribution in [0.2, 0.25) is 0 Å². The predicted molar refractivity (Wildman–Crippen MR) is 116 cm³/mol. The Kier molecular flexibility index (Phi) is 14.3. The van der Waals surface area contributed by atoms with Crippen molar-refractivity contribution in [1.29, 1.82) is 0 Å². The maximum atomic E-state index is 6.49. The molecule has 0 saturated carbocycles. The number of halogens is 1. The van der Waals surface area contributed by atoms with Gasteiger partial charge in [0.2, 0.25) is 0 Å². The van der Waals surface area contributed by atoms with Crippen LogP contribution in [0.5, 0.6) is 5.75 Å². The van der Waals surface area contributed by atoms with E-state index in [1.165, 1.54) is 64.2 Å². The van der Waals surface area contributed by atoms with E-state index < -0.39 is 0 Å². The number of para-hydroxylation sites is 1. The quantitative estimate of drug-likeness (QED) is 0.331. The Balaban J connectivity index is 0.00000576. The van der Waals surface area contributed by atoms with E-state index in [0.29, 0.717) is 0 Å². The lowest BCUT2D eigenvalue weighted by atomic mass is 9.90. The molecule has 0 spiro atoms. The average molecular weight is 414 g/mol. The molecule has 2 atom stereocenters. The number of rotatable bonds is 14. The molecular formula is C22H40BrNO. The number of unbranched alkanes of at least 4 members (excludes halogenated alkanes) is 9. The summed E-state index contributed by atoms with van der Waals surface area (Å²) < 4.78 is 6.00. The summed E-state index contributed by atoms with van der Waals surface area (Å²) in [7, 11) is 0. The number of ether oxygens (including phenoxy) is 1. The maximum Gasteiger partial charge on any atom is 0.119 e. The van der Waals surface area contributed by atoms with Crippen molar-refractivity contribution in [2.75, 3.05) is 0 Å². The van der Waals surface area contributed by atoms with E-state index in [1.54, 1.807) is 0 Å². The van der Waals surface area contributed by atoms with Crippen molar-refractivity contribution in [3.8, 4) is 5.75 Å². The zero-order valence-electron chi connectivity index (χ0n) is 16.6. The van der Waals surface area contributed by atoms with Crippen LogP contribution in [0.25, 0.3) is 0 Å². The molecule has 0 heterocycles. The minimum absolute atomic E-state index is 0. The van der Waals surface area contributed by atoms with Gasteiger partial charge in [0.1, 0.15) is 11.9 Å². The van der Waals surface area contributed by atoms with Crippen molar-refractivity contribution in [2.45, 2.75) is 103 Å². The zero-order valence-corrected chi connectivity index (χ0v) is 18.3. The van der Waals surface area contributed by atoms with Crippen LogP contribution in [-0.4, -0.2) is 11.6 Å². The van der Waals surface area contributed by atoms with Gasteiger partial charge in [0.25, 0.3) is 0 Å². The molecule has 0 fully saturated rings. The average Bonchev–Trinajstić information content (AvgIpc) is 2.57. The third-order valence-corrected chi connectivity index (χ3v) is 5.05. The van der Waals surface area contributed by atoms with E-state index in [4.69, 9.17) is 10.5 Å². The van der Waals surface area contributed by atoms with Gasteiger partial charge in [-0.15, -0.1) is 17.0 Å². The molecule has 0 aliphatic heterocycles. The summed E-state index contributed by atoms with van der Waals surface area (Å²) in [5.74, 6) is 0.907. The topological polar surface area (TPSA) is 35.2 Å². The van der Waals surface area contributed by atoms with E-state index >= 15 is 0 Å². The number of nitrogens with two attached hydrogens (primary N) is 1. The minimum Gasteiger partial charge on any atom is -0.489 e. The SMILES string of the molecule is Br.CCCCCCCCCCCCC(C)(N)C(C)Oc1ccccc1. The summed E-state index contributed by atoms with van der Waals surface area (Å²) in [6, 6.07) is 9.99. The van der Waals surface area contributed by atoms with Crippen LogP contribution in [0.3, 0.4) is 0 Å². The Morgan fingerprint density at radius 1 is 0.880 bits per heavy atom. The molecule has 1 aromatic rings. The highest BCUT2D eigenvalue weighted by Gasteiger charge is 2.27. The maximum absolute atomic E-state index is 6.49. The number of benzene rings is 1. The predicted octanol–water partition coefficient (Wildman–Crippen LogP) is 7.06. The van der Waals surface area contributed by atoms with Crippen LogP contribution in [0.15, 0.2) is 30.3 Å². The van der Waals surface area contributed by atoms with Crippen molar-refractivity contribution in [3.05, 3.63) is 30.3 Å². The van der Waals surface area contributed by atoms with Crippen LogP contribution >= 0.6 is 17.0 Å². The van der Waals surface area contributed by atoms with Crippen molar-refractivity contribution in [2.24, 2.45) is 5.73 Å². The molecule has 146 valence electrons. The van der Waals surface area contributed by atoms with Gasteiger partial charge in [-0.25, -0.2) is 0 Å². The largest absolute Gasteiger partial charge is 0.489 e. The molecular weight excluding hydrogens is 374 g/mol. The highest BCUT2D eigenvalue weighted by Crippen LogP contribution is 2.22.